The van der Waals surface area contributed by atoms with Crippen LogP contribution >= 0.6 is 0 Å². The molecule has 1 aliphatic carbocycles. The molecule has 4 aliphatic rings. The third kappa shape index (κ3) is 2.78. The number of benzene rings is 1. The van der Waals surface area contributed by atoms with Crippen LogP contribution in [-0.4, -0.2) is 65.7 Å². The second kappa shape index (κ2) is 6.44. The standard InChI is InChI=1S/C21H26N4O2/c26-18(25-10-4-5-11-25)14-24-12-16-8-9-21(17(16)13-24)20(27)22-19(23-21)15-6-2-1-3-7-15/h1-3,6-7,16-17H,4-5,8-14H2,(H,22,23,27)/t16-,17+,21-/m1/s1. The molecule has 3 fully saturated rings. The van der Waals surface area contributed by atoms with Crippen LogP contribution in [0.2, 0.25) is 0 Å². The Hall–Kier alpha value is -2.21. The number of likely N-dealkylation sites (tertiary alicyclic amines) is 2. The van der Waals surface area contributed by atoms with Gasteiger partial charge in [0.25, 0.3) is 5.91 Å². The highest BCUT2D eigenvalue weighted by Gasteiger charge is 2.59. The summed E-state index contributed by atoms with van der Waals surface area (Å²) < 4.78 is 0. The Bertz CT molecular complexity index is 787. The lowest BCUT2D eigenvalue weighted by molar-refractivity contribution is -0.131. The molecule has 142 valence electrons. The molecule has 0 radical (unpaired) electrons. The average molecular weight is 366 g/mol. The number of carbonyl (C=O) groups is 2. The van der Waals surface area contributed by atoms with Crippen molar-refractivity contribution >= 4 is 17.6 Å². The van der Waals surface area contributed by atoms with Gasteiger partial charge in [-0.25, -0.2) is 0 Å². The summed E-state index contributed by atoms with van der Waals surface area (Å²) in [6.45, 7) is 3.99. The van der Waals surface area contributed by atoms with Gasteiger partial charge in [0.2, 0.25) is 5.91 Å². The Morgan fingerprint density at radius 2 is 1.96 bits per heavy atom. The van der Waals surface area contributed by atoms with Crippen molar-refractivity contribution in [2.45, 2.75) is 31.2 Å². The number of aliphatic imine (C=N–C) groups is 1. The van der Waals surface area contributed by atoms with Gasteiger partial charge in [-0.15, -0.1) is 0 Å². The number of amidine groups is 1. The molecular formula is C21H26N4O2. The summed E-state index contributed by atoms with van der Waals surface area (Å²) in [7, 11) is 0. The number of nitrogens with zero attached hydrogens (tertiary/aromatic N) is 3. The van der Waals surface area contributed by atoms with E-state index in [4.69, 9.17) is 4.99 Å². The quantitative estimate of drug-likeness (QED) is 0.876. The maximum absolute atomic E-state index is 12.9. The number of nitrogens with one attached hydrogen (secondary N) is 1. The number of hydrogen-bond donors (Lipinski definition) is 1. The zero-order valence-corrected chi connectivity index (χ0v) is 15.6. The Labute approximate surface area is 159 Å². The summed E-state index contributed by atoms with van der Waals surface area (Å²) >= 11 is 0. The van der Waals surface area contributed by atoms with Crippen molar-refractivity contribution in [3.63, 3.8) is 0 Å². The monoisotopic (exact) mass is 366 g/mol. The zero-order valence-electron chi connectivity index (χ0n) is 15.6. The highest BCUT2D eigenvalue weighted by atomic mass is 16.2. The van der Waals surface area contributed by atoms with E-state index in [0.717, 1.165) is 57.4 Å². The van der Waals surface area contributed by atoms with Crippen LogP contribution in [0.15, 0.2) is 35.3 Å². The topological polar surface area (TPSA) is 65.0 Å². The minimum atomic E-state index is -0.638. The Morgan fingerprint density at radius 1 is 1.19 bits per heavy atom. The van der Waals surface area contributed by atoms with Crippen LogP contribution in [0, 0.1) is 11.8 Å². The predicted molar refractivity (Wildman–Crippen MR) is 102 cm³/mol. The molecule has 3 heterocycles. The summed E-state index contributed by atoms with van der Waals surface area (Å²) in [5.41, 5.74) is 0.326. The van der Waals surface area contributed by atoms with Gasteiger partial charge in [-0.3, -0.25) is 19.5 Å². The lowest BCUT2D eigenvalue weighted by atomic mass is 9.85. The SMILES string of the molecule is O=C(CN1C[C@H]2CC[C@@]3(N=C(c4ccccc4)NC3=O)[C@H]2C1)N1CCCC1. The van der Waals surface area contributed by atoms with E-state index in [0.29, 0.717) is 18.3 Å². The first kappa shape index (κ1) is 16.9. The third-order valence-electron chi connectivity index (χ3n) is 6.83. The molecule has 1 saturated carbocycles. The summed E-state index contributed by atoms with van der Waals surface area (Å²) in [6.07, 6.45) is 4.07. The Morgan fingerprint density at radius 3 is 2.74 bits per heavy atom. The fourth-order valence-electron chi connectivity index (χ4n) is 5.42. The molecule has 2 amide bonds. The lowest BCUT2D eigenvalue weighted by Gasteiger charge is -2.26. The summed E-state index contributed by atoms with van der Waals surface area (Å²) in [5, 5.41) is 3.03. The van der Waals surface area contributed by atoms with E-state index in [1.807, 2.05) is 35.2 Å². The largest absolute Gasteiger partial charge is 0.342 e. The molecular weight excluding hydrogens is 340 g/mol. The fraction of sp³-hybridized carbons (Fsp3) is 0.571. The Kier molecular flexibility index (Phi) is 4.04. The molecule has 1 aromatic carbocycles. The zero-order chi connectivity index (χ0) is 18.4. The fourth-order valence-corrected chi connectivity index (χ4v) is 5.42. The second-order valence-corrected chi connectivity index (χ2v) is 8.39. The minimum Gasteiger partial charge on any atom is -0.342 e. The number of rotatable bonds is 3. The molecule has 3 atom stereocenters. The van der Waals surface area contributed by atoms with E-state index in [1.165, 1.54) is 0 Å². The molecule has 27 heavy (non-hydrogen) atoms. The van der Waals surface area contributed by atoms with Gasteiger partial charge < -0.3 is 10.2 Å². The van der Waals surface area contributed by atoms with Gasteiger partial charge in [-0.2, -0.15) is 0 Å². The molecule has 3 aliphatic heterocycles. The average Bonchev–Trinajstić information content (AvgIpc) is 3.44. The van der Waals surface area contributed by atoms with Crippen molar-refractivity contribution < 1.29 is 9.59 Å². The second-order valence-electron chi connectivity index (χ2n) is 8.39. The maximum Gasteiger partial charge on any atom is 0.253 e. The summed E-state index contributed by atoms with van der Waals surface area (Å²) in [6, 6.07) is 9.87. The highest BCUT2D eigenvalue weighted by Crippen LogP contribution is 2.49. The molecule has 1 aromatic rings. The van der Waals surface area contributed by atoms with E-state index < -0.39 is 5.54 Å². The van der Waals surface area contributed by atoms with E-state index in [-0.39, 0.29) is 17.7 Å². The third-order valence-corrected chi connectivity index (χ3v) is 6.83. The number of hydrogen-bond acceptors (Lipinski definition) is 4. The number of fused-ring (bicyclic) bond motifs is 2. The molecule has 2 saturated heterocycles. The van der Waals surface area contributed by atoms with Crippen molar-refractivity contribution in [3.05, 3.63) is 35.9 Å². The molecule has 1 spiro atoms. The van der Waals surface area contributed by atoms with Crippen LogP contribution in [-0.2, 0) is 9.59 Å². The molecule has 1 N–H and O–H groups in total. The van der Waals surface area contributed by atoms with Crippen molar-refractivity contribution in [3.8, 4) is 0 Å². The number of carbonyl (C=O) groups excluding carboxylic acids is 2. The van der Waals surface area contributed by atoms with E-state index in [1.54, 1.807) is 0 Å². The summed E-state index contributed by atoms with van der Waals surface area (Å²) in [5.74, 6) is 1.66. The molecule has 0 aromatic heterocycles. The first-order chi connectivity index (χ1) is 13.2. The number of amides is 2. The van der Waals surface area contributed by atoms with Gasteiger partial charge in [0.15, 0.2) is 0 Å². The molecule has 6 heteroatoms. The van der Waals surface area contributed by atoms with Crippen LogP contribution in [0.4, 0.5) is 0 Å². The minimum absolute atomic E-state index is 0.0431. The summed E-state index contributed by atoms with van der Waals surface area (Å²) in [4.78, 5) is 34.6. The van der Waals surface area contributed by atoms with Crippen LogP contribution in [0.3, 0.4) is 0 Å². The van der Waals surface area contributed by atoms with Crippen molar-refractivity contribution in [2.75, 3.05) is 32.7 Å². The van der Waals surface area contributed by atoms with Crippen molar-refractivity contribution in [1.82, 2.24) is 15.1 Å². The van der Waals surface area contributed by atoms with E-state index >= 15 is 0 Å². The van der Waals surface area contributed by atoms with Gasteiger partial charge in [0, 0.05) is 37.7 Å². The normalized spacial score (nSPS) is 32.8. The van der Waals surface area contributed by atoms with Gasteiger partial charge >= 0.3 is 0 Å². The van der Waals surface area contributed by atoms with Gasteiger partial charge in [0.05, 0.1) is 6.54 Å². The van der Waals surface area contributed by atoms with Crippen LogP contribution in [0.1, 0.15) is 31.2 Å². The van der Waals surface area contributed by atoms with Crippen molar-refractivity contribution in [1.29, 1.82) is 0 Å². The molecule has 0 unspecified atom stereocenters. The van der Waals surface area contributed by atoms with Crippen LogP contribution in [0.25, 0.3) is 0 Å². The first-order valence-corrected chi connectivity index (χ1v) is 10.1. The van der Waals surface area contributed by atoms with Gasteiger partial charge in [0.1, 0.15) is 11.4 Å². The van der Waals surface area contributed by atoms with Crippen molar-refractivity contribution in [2.24, 2.45) is 16.8 Å². The highest BCUT2D eigenvalue weighted by molar-refractivity contribution is 6.15. The molecule has 6 nitrogen and oxygen atoms in total. The lowest BCUT2D eigenvalue weighted by Crippen LogP contribution is -2.45. The van der Waals surface area contributed by atoms with Gasteiger partial charge in [-0.05, 0) is 31.6 Å². The first-order valence-electron chi connectivity index (χ1n) is 10.1. The Balaban J connectivity index is 1.33. The van der Waals surface area contributed by atoms with E-state index in [9.17, 15) is 9.59 Å². The maximum atomic E-state index is 12.9. The van der Waals surface area contributed by atoms with E-state index in [2.05, 4.69) is 10.2 Å². The predicted octanol–water partition coefficient (Wildman–Crippen LogP) is 1.27. The van der Waals surface area contributed by atoms with Crippen LogP contribution in [0.5, 0.6) is 0 Å². The van der Waals surface area contributed by atoms with Gasteiger partial charge in [-0.1, -0.05) is 30.3 Å². The molecule has 0 bridgehead atoms. The van der Waals surface area contributed by atoms with Crippen LogP contribution < -0.4 is 5.32 Å². The smallest absolute Gasteiger partial charge is 0.253 e. The molecule has 5 rings (SSSR count).